The van der Waals surface area contributed by atoms with Crippen molar-refractivity contribution in [2.45, 2.75) is 4.90 Å². The van der Waals surface area contributed by atoms with Crippen molar-refractivity contribution in [2.75, 3.05) is 34.5 Å². The van der Waals surface area contributed by atoms with Crippen molar-refractivity contribution in [3.8, 4) is 34.5 Å². The topological polar surface area (TPSA) is 126 Å². The molecule has 1 N–H and O–H groups in total. The molecule has 0 aliphatic carbocycles. The van der Waals surface area contributed by atoms with Gasteiger partial charge in [-0.05, 0) is 36.4 Å². The van der Waals surface area contributed by atoms with Crippen LogP contribution in [0.15, 0.2) is 53.4 Å². The molecule has 35 heavy (non-hydrogen) atoms. The van der Waals surface area contributed by atoms with E-state index < -0.39 is 15.8 Å². The minimum atomic E-state index is -3.94. The predicted molar refractivity (Wildman–Crippen MR) is 123 cm³/mol. The molecular weight excluding hydrogens is 481 g/mol. The summed E-state index contributed by atoms with van der Waals surface area (Å²) in [6, 6.07) is 11.9. The van der Waals surface area contributed by atoms with Crippen molar-refractivity contribution < 1.29 is 31.8 Å². The van der Waals surface area contributed by atoms with Gasteiger partial charge in [0.05, 0.1) is 31.8 Å². The molecule has 0 atom stereocenters. The van der Waals surface area contributed by atoms with Crippen molar-refractivity contribution in [3.63, 3.8) is 0 Å². The van der Waals surface area contributed by atoms with Gasteiger partial charge in [-0.25, -0.2) is 17.5 Å². The average molecular weight is 504 g/mol. The van der Waals surface area contributed by atoms with Gasteiger partial charge >= 0.3 is 0 Å². The minimum Gasteiger partial charge on any atom is -0.497 e. The third kappa shape index (κ3) is 5.10. The maximum absolute atomic E-state index is 13.9. The number of benzene rings is 2. The number of nitrogens with one attached hydrogen (secondary N) is 1. The van der Waals surface area contributed by atoms with E-state index in [0.29, 0.717) is 28.5 Å². The Kier molecular flexibility index (Phi) is 6.98. The Morgan fingerprint density at radius 1 is 0.943 bits per heavy atom. The number of hydrogen-bond acceptors (Lipinski definition) is 9. The summed E-state index contributed by atoms with van der Waals surface area (Å²) in [6.45, 7) is -0.100. The van der Waals surface area contributed by atoms with Gasteiger partial charge in [-0.2, -0.15) is 4.52 Å². The lowest BCUT2D eigenvalue weighted by atomic mass is 10.2. The van der Waals surface area contributed by atoms with Crippen molar-refractivity contribution >= 4 is 15.7 Å². The van der Waals surface area contributed by atoms with E-state index in [-0.39, 0.29) is 29.7 Å². The molecule has 184 valence electrons. The van der Waals surface area contributed by atoms with Gasteiger partial charge in [0.2, 0.25) is 15.9 Å². The number of halogens is 1. The highest BCUT2D eigenvalue weighted by atomic mass is 32.2. The molecule has 0 radical (unpaired) electrons. The van der Waals surface area contributed by atoms with Crippen LogP contribution in [-0.2, 0) is 10.0 Å². The first kappa shape index (κ1) is 24.2. The lowest BCUT2D eigenvalue weighted by Crippen LogP contribution is -2.28. The summed E-state index contributed by atoms with van der Waals surface area (Å²) in [4.78, 5) is -0.224. The fourth-order valence-corrected chi connectivity index (χ4v) is 4.25. The van der Waals surface area contributed by atoms with Crippen molar-refractivity contribution in [2.24, 2.45) is 0 Å². The Morgan fingerprint density at radius 2 is 1.74 bits per heavy atom. The van der Waals surface area contributed by atoms with Crippen molar-refractivity contribution in [1.82, 2.24) is 24.5 Å². The molecule has 0 fully saturated rings. The van der Waals surface area contributed by atoms with Gasteiger partial charge in [0.1, 0.15) is 18.1 Å². The molecule has 2 aromatic carbocycles. The van der Waals surface area contributed by atoms with Crippen LogP contribution in [0, 0.1) is 5.82 Å². The van der Waals surface area contributed by atoms with Crippen LogP contribution in [0.4, 0.5) is 4.39 Å². The molecule has 0 unspecified atom stereocenters. The lowest BCUT2D eigenvalue weighted by Gasteiger charge is -2.10. The first-order chi connectivity index (χ1) is 16.9. The molecule has 4 aromatic rings. The van der Waals surface area contributed by atoms with Gasteiger partial charge in [0.15, 0.2) is 23.0 Å². The zero-order valence-electron chi connectivity index (χ0n) is 19.1. The molecule has 0 aliphatic rings. The fraction of sp³-hybridized carbons (Fsp3) is 0.227. The molecule has 0 spiro atoms. The van der Waals surface area contributed by atoms with Crippen LogP contribution in [0.5, 0.6) is 23.1 Å². The average Bonchev–Trinajstić information content (AvgIpc) is 3.29. The van der Waals surface area contributed by atoms with E-state index in [4.69, 9.17) is 18.9 Å². The molecule has 0 aliphatic heterocycles. The van der Waals surface area contributed by atoms with E-state index in [2.05, 4.69) is 20.0 Å². The number of ether oxygens (including phenoxy) is 4. The molecule has 11 nitrogen and oxygen atoms in total. The Bertz CT molecular complexity index is 1460. The molecule has 4 rings (SSSR count). The molecule has 2 aromatic heterocycles. The molecular formula is C22H22FN5O6S. The third-order valence-electron chi connectivity index (χ3n) is 4.97. The van der Waals surface area contributed by atoms with Crippen molar-refractivity contribution in [1.29, 1.82) is 0 Å². The monoisotopic (exact) mass is 503 g/mol. The second kappa shape index (κ2) is 10.1. The normalized spacial score (nSPS) is 11.4. The summed E-state index contributed by atoms with van der Waals surface area (Å²) in [5.41, 5.74) is 1.12. The zero-order chi connectivity index (χ0) is 25.0. The van der Waals surface area contributed by atoms with Crippen LogP contribution in [0.3, 0.4) is 0 Å². The van der Waals surface area contributed by atoms with E-state index in [1.54, 1.807) is 37.4 Å². The molecule has 2 heterocycles. The zero-order valence-corrected chi connectivity index (χ0v) is 19.9. The number of nitrogens with zero attached hydrogens (tertiary/aromatic N) is 4. The maximum atomic E-state index is 13.9. The molecule has 0 saturated carbocycles. The second-order valence-corrected chi connectivity index (χ2v) is 8.84. The van der Waals surface area contributed by atoms with E-state index >= 15 is 0 Å². The Balaban J connectivity index is 1.46. The highest BCUT2D eigenvalue weighted by Gasteiger charge is 2.18. The number of fused-ring (bicyclic) bond motifs is 1. The molecule has 0 amide bonds. The third-order valence-corrected chi connectivity index (χ3v) is 6.42. The first-order valence-corrected chi connectivity index (χ1v) is 11.8. The van der Waals surface area contributed by atoms with E-state index in [0.717, 1.165) is 6.07 Å². The van der Waals surface area contributed by atoms with Crippen LogP contribution >= 0.6 is 0 Å². The van der Waals surface area contributed by atoms with Crippen LogP contribution in [0.25, 0.3) is 17.0 Å². The second-order valence-electron chi connectivity index (χ2n) is 7.07. The van der Waals surface area contributed by atoms with Gasteiger partial charge in [-0.1, -0.05) is 0 Å². The van der Waals surface area contributed by atoms with Gasteiger partial charge in [-0.3, -0.25) is 0 Å². The van der Waals surface area contributed by atoms with Crippen LogP contribution in [0.1, 0.15) is 0 Å². The van der Waals surface area contributed by atoms with Gasteiger partial charge < -0.3 is 18.9 Å². The summed E-state index contributed by atoms with van der Waals surface area (Å²) in [7, 11) is 0.446. The van der Waals surface area contributed by atoms with Crippen LogP contribution in [-0.4, -0.2) is 62.7 Å². The number of methoxy groups -OCH3 is 3. The number of aromatic nitrogens is 4. The summed E-state index contributed by atoms with van der Waals surface area (Å²) >= 11 is 0. The maximum Gasteiger partial charge on any atom is 0.240 e. The van der Waals surface area contributed by atoms with Gasteiger partial charge in [0.25, 0.3) is 0 Å². The summed E-state index contributed by atoms with van der Waals surface area (Å²) in [6.07, 6.45) is 0. The smallest absolute Gasteiger partial charge is 0.240 e. The Labute approximate surface area is 200 Å². The molecule has 0 bridgehead atoms. The van der Waals surface area contributed by atoms with Gasteiger partial charge in [0, 0.05) is 18.7 Å². The van der Waals surface area contributed by atoms with Crippen LogP contribution < -0.4 is 23.7 Å². The minimum absolute atomic E-state index is 0.0281. The first-order valence-electron chi connectivity index (χ1n) is 10.3. The van der Waals surface area contributed by atoms with Crippen molar-refractivity contribution in [3.05, 3.63) is 54.3 Å². The summed E-state index contributed by atoms with van der Waals surface area (Å²) in [5.74, 6) is 0.969. The van der Waals surface area contributed by atoms with E-state index in [1.165, 1.54) is 30.9 Å². The largest absolute Gasteiger partial charge is 0.497 e. The highest BCUT2D eigenvalue weighted by molar-refractivity contribution is 7.89. The quantitative estimate of drug-likeness (QED) is 0.324. The molecule has 13 heteroatoms. The number of rotatable bonds is 10. The Morgan fingerprint density at radius 3 is 2.46 bits per heavy atom. The van der Waals surface area contributed by atoms with Crippen LogP contribution in [0.2, 0.25) is 0 Å². The SMILES string of the molecule is COc1ccc(-c2nnc3ccc(OCCNS(=O)(=O)c4ccc(OC)c(F)c4)nn23)c(OC)c1. The lowest BCUT2D eigenvalue weighted by molar-refractivity contribution is 0.306. The van der Waals surface area contributed by atoms with E-state index in [9.17, 15) is 12.8 Å². The number of sulfonamides is 1. The fourth-order valence-electron chi connectivity index (χ4n) is 3.23. The predicted octanol–water partition coefficient (Wildman–Crippen LogP) is 2.31. The highest BCUT2D eigenvalue weighted by Crippen LogP contribution is 2.32. The number of hydrogen-bond donors (Lipinski definition) is 1. The van der Waals surface area contributed by atoms with Gasteiger partial charge in [-0.15, -0.1) is 15.3 Å². The standard InChI is InChI=1S/C22H22FN5O6S/c1-31-14-4-6-16(19(12-14)33-3)22-26-25-20-8-9-21(27-28(20)22)34-11-10-24-35(29,30)15-5-7-18(32-2)17(23)13-15/h4-9,12-13,24H,10-11H2,1-3H3. The molecule has 0 saturated heterocycles. The summed E-state index contributed by atoms with van der Waals surface area (Å²) < 4.78 is 63.6. The summed E-state index contributed by atoms with van der Waals surface area (Å²) in [5, 5.41) is 12.7. The van der Waals surface area contributed by atoms with E-state index in [1.807, 2.05) is 0 Å². The Hall–Kier alpha value is -3.97.